The molecule has 0 spiro atoms. The third-order valence-corrected chi connectivity index (χ3v) is 3.09. The number of ketones is 1. The summed E-state index contributed by atoms with van der Waals surface area (Å²) in [5, 5.41) is 7.30. The van der Waals surface area contributed by atoms with Crippen molar-refractivity contribution in [2.24, 2.45) is 5.14 Å². The molecule has 1 rings (SSSR count). The van der Waals surface area contributed by atoms with Crippen LogP contribution in [0.25, 0.3) is 0 Å². The summed E-state index contributed by atoms with van der Waals surface area (Å²) in [6, 6.07) is 3.92. The number of carbonyl (C=O) groups is 2. The lowest BCUT2D eigenvalue weighted by Crippen LogP contribution is -2.24. The third kappa shape index (κ3) is 3.80. The number of carbonyl (C=O) groups excluding carboxylic acids is 2. The predicted octanol–water partition coefficient (Wildman–Crippen LogP) is 0.171. The topological polar surface area (TPSA) is 106 Å². The summed E-state index contributed by atoms with van der Waals surface area (Å²) >= 11 is 5.79. The van der Waals surface area contributed by atoms with Gasteiger partial charge in [0.25, 0.3) is 5.91 Å². The second-order valence-electron chi connectivity index (χ2n) is 3.50. The molecular weight excluding hydrogens is 280 g/mol. The summed E-state index contributed by atoms with van der Waals surface area (Å²) in [6.07, 6.45) is 0. The number of benzene rings is 1. The van der Waals surface area contributed by atoms with E-state index in [2.05, 4.69) is 5.32 Å². The van der Waals surface area contributed by atoms with Gasteiger partial charge in [-0.2, -0.15) is 0 Å². The summed E-state index contributed by atoms with van der Waals surface area (Å²) in [4.78, 5) is 23.0. The monoisotopic (exact) mass is 290 g/mol. The molecule has 98 valence electrons. The molecule has 0 fully saturated rings. The lowest BCUT2D eigenvalue weighted by Gasteiger charge is -2.05. The Kier molecular flexibility index (Phi) is 4.44. The molecule has 0 bridgehead atoms. The Morgan fingerprint density at radius 1 is 1.39 bits per heavy atom. The van der Waals surface area contributed by atoms with Crippen molar-refractivity contribution in [2.75, 3.05) is 12.8 Å². The van der Waals surface area contributed by atoms with Gasteiger partial charge in [-0.25, -0.2) is 13.6 Å². The number of Topliss-reactive ketones (excluding diaryl/α,β-unsaturated/α-hetero) is 1. The van der Waals surface area contributed by atoms with Crippen LogP contribution in [0.4, 0.5) is 0 Å². The van der Waals surface area contributed by atoms with Gasteiger partial charge in [-0.15, -0.1) is 0 Å². The van der Waals surface area contributed by atoms with E-state index in [1.165, 1.54) is 25.2 Å². The molecule has 6 nitrogen and oxygen atoms in total. The number of nitrogens with two attached hydrogens (primary N) is 1. The van der Waals surface area contributed by atoms with E-state index in [1.807, 2.05) is 0 Å². The standard InChI is InChI=1S/C10H11ClN2O4S/c1-13-10(15)7-4-6(2-3-8(7)11)9(14)5-18(12,16)17/h2-4H,5H2,1H3,(H,13,15)(H2,12,16,17). The lowest BCUT2D eigenvalue weighted by molar-refractivity contribution is 0.0963. The van der Waals surface area contributed by atoms with Crippen LogP contribution in [0.2, 0.25) is 5.02 Å². The highest BCUT2D eigenvalue weighted by Crippen LogP contribution is 2.18. The van der Waals surface area contributed by atoms with Crippen molar-refractivity contribution in [3.63, 3.8) is 0 Å². The fourth-order valence-electron chi connectivity index (χ4n) is 1.27. The summed E-state index contributed by atoms with van der Waals surface area (Å²) in [5.41, 5.74) is 0.159. The van der Waals surface area contributed by atoms with Gasteiger partial charge in [-0.1, -0.05) is 11.6 Å². The molecule has 8 heteroatoms. The molecule has 0 saturated carbocycles. The Hall–Kier alpha value is -1.44. The Morgan fingerprint density at radius 2 is 2.00 bits per heavy atom. The van der Waals surface area contributed by atoms with Gasteiger partial charge in [-0.3, -0.25) is 9.59 Å². The Bertz CT molecular complexity index is 598. The van der Waals surface area contributed by atoms with Crippen molar-refractivity contribution < 1.29 is 18.0 Å². The van der Waals surface area contributed by atoms with Crippen molar-refractivity contribution in [2.45, 2.75) is 0 Å². The summed E-state index contributed by atoms with van der Waals surface area (Å²) in [6.45, 7) is 0. The molecule has 0 saturated heterocycles. The Morgan fingerprint density at radius 3 is 2.50 bits per heavy atom. The lowest BCUT2D eigenvalue weighted by atomic mass is 10.1. The largest absolute Gasteiger partial charge is 0.355 e. The van der Waals surface area contributed by atoms with E-state index in [0.717, 1.165) is 0 Å². The first kappa shape index (κ1) is 14.6. The number of hydrogen-bond acceptors (Lipinski definition) is 4. The van der Waals surface area contributed by atoms with Gasteiger partial charge in [0.15, 0.2) is 5.78 Å². The molecule has 3 N–H and O–H groups in total. The average Bonchev–Trinajstić information content (AvgIpc) is 2.26. The molecule has 18 heavy (non-hydrogen) atoms. The average molecular weight is 291 g/mol. The molecule has 1 aromatic rings. The van der Waals surface area contributed by atoms with E-state index in [9.17, 15) is 18.0 Å². The summed E-state index contributed by atoms with van der Waals surface area (Å²) < 4.78 is 21.6. The maximum atomic E-state index is 11.6. The zero-order valence-corrected chi connectivity index (χ0v) is 11.0. The van der Waals surface area contributed by atoms with E-state index < -0.39 is 27.5 Å². The van der Waals surface area contributed by atoms with Crippen LogP contribution < -0.4 is 10.5 Å². The first-order valence-corrected chi connectivity index (χ1v) is 6.89. The van der Waals surface area contributed by atoms with Crippen LogP contribution in [0.1, 0.15) is 20.7 Å². The SMILES string of the molecule is CNC(=O)c1cc(C(=O)CS(N)(=O)=O)ccc1Cl. The van der Waals surface area contributed by atoms with E-state index in [-0.39, 0.29) is 16.1 Å². The van der Waals surface area contributed by atoms with Gasteiger partial charge in [0, 0.05) is 12.6 Å². The number of sulfonamides is 1. The predicted molar refractivity (Wildman–Crippen MR) is 67.1 cm³/mol. The molecule has 1 amide bonds. The fraction of sp³-hybridized carbons (Fsp3) is 0.200. The third-order valence-electron chi connectivity index (χ3n) is 2.09. The Labute approximate surface area is 109 Å². The molecule has 0 aliphatic rings. The first-order chi connectivity index (χ1) is 8.24. The number of rotatable bonds is 4. The smallest absolute Gasteiger partial charge is 0.252 e. The van der Waals surface area contributed by atoms with Crippen LogP contribution in [0.5, 0.6) is 0 Å². The second-order valence-corrected chi connectivity index (χ2v) is 5.53. The zero-order chi connectivity index (χ0) is 13.9. The fourth-order valence-corrected chi connectivity index (χ4v) is 2.01. The van der Waals surface area contributed by atoms with Crippen LogP contribution in [0, 0.1) is 0 Å². The quantitative estimate of drug-likeness (QED) is 0.771. The molecule has 0 radical (unpaired) electrons. The van der Waals surface area contributed by atoms with E-state index in [4.69, 9.17) is 16.7 Å². The van der Waals surface area contributed by atoms with Gasteiger partial charge in [0.2, 0.25) is 10.0 Å². The van der Waals surface area contributed by atoms with Gasteiger partial charge in [-0.05, 0) is 18.2 Å². The van der Waals surface area contributed by atoms with Crippen LogP contribution in [-0.4, -0.2) is 32.9 Å². The van der Waals surface area contributed by atoms with Crippen LogP contribution in [0.3, 0.4) is 0 Å². The number of primary sulfonamides is 1. The van der Waals surface area contributed by atoms with Crippen molar-refractivity contribution in [1.29, 1.82) is 0 Å². The highest BCUT2D eigenvalue weighted by Gasteiger charge is 2.17. The molecule has 0 atom stereocenters. The van der Waals surface area contributed by atoms with E-state index in [0.29, 0.717) is 0 Å². The summed E-state index contributed by atoms with van der Waals surface area (Å²) in [5.74, 6) is -1.98. The number of halogens is 1. The molecule has 0 unspecified atom stereocenters. The molecule has 1 aromatic carbocycles. The van der Waals surface area contributed by atoms with Crippen molar-refractivity contribution in [3.8, 4) is 0 Å². The minimum atomic E-state index is -3.90. The van der Waals surface area contributed by atoms with E-state index >= 15 is 0 Å². The highest BCUT2D eigenvalue weighted by atomic mass is 35.5. The first-order valence-electron chi connectivity index (χ1n) is 4.80. The highest BCUT2D eigenvalue weighted by molar-refractivity contribution is 7.89. The number of amides is 1. The van der Waals surface area contributed by atoms with E-state index in [1.54, 1.807) is 0 Å². The maximum Gasteiger partial charge on any atom is 0.252 e. The molecule has 0 heterocycles. The zero-order valence-electron chi connectivity index (χ0n) is 9.44. The van der Waals surface area contributed by atoms with Crippen LogP contribution >= 0.6 is 11.6 Å². The van der Waals surface area contributed by atoms with Gasteiger partial charge in [0.1, 0.15) is 5.75 Å². The second kappa shape index (κ2) is 5.47. The minimum absolute atomic E-state index is 0.0621. The van der Waals surface area contributed by atoms with Gasteiger partial charge >= 0.3 is 0 Å². The Balaban J connectivity index is 3.13. The minimum Gasteiger partial charge on any atom is -0.355 e. The van der Waals surface area contributed by atoms with Gasteiger partial charge < -0.3 is 5.32 Å². The maximum absolute atomic E-state index is 11.6. The normalized spacial score (nSPS) is 11.1. The van der Waals surface area contributed by atoms with Crippen molar-refractivity contribution >= 4 is 33.3 Å². The number of hydrogen-bond donors (Lipinski definition) is 2. The number of nitrogens with one attached hydrogen (secondary N) is 1. The van der Waals surface area contributed by atoms with Crippen LogP contribution in [0.15, 0.2) is 18.2 Å². The molecule has 0 aliphatic heterocycles. The molecular formula is C10H11ClN2O4S. The molecule has 0 aliphatic carbocycles. The van der Waals surface area contributed by atoms with Crippen molar-refractivity contribution in [1.82, 2.24) is 5.32 Å². The van der Waals surface area contributed by atoms with Crippen LogP contribution in [-0.2, 0) is 10.0 Å². The van der Waals surface area contributed by atoms with Gasteiger partial charge in [0.05, 0.1) is 10.6 Å². The summed E-state index contributed by atoms with van der Waals surface area (Å²) in [7, 11) is -2.49. The molecule has 0 aromatic heterocycles. The van der Waals surface area contributed by atoms with Crippen molar-refractivity contribution in [3.05, 3.63) is 34.3 Å².